The molecule has 0 amide bonds. The highest BCUT2D eigenvalue weighted by molar-refractivity contribution is 5.36. The molecule has 1 aromatic heterocycles. The third-order valence-electron chi connectivity index (χ3n) is 2.92. The molecule has 0 saturated heterocycles. The standard InChI is InChI=1S/C16H21N3O/c1-4-17-15-10-14(11-20-3)18-16(19-15)9-13-7-5-6-12(2)8-13/h5-8,10H,4,9,11H2,1-3H3,(H,17,18,19). The van der Waals surface area contributed by atoms with Gasteiger partial charge in [-0.2, -0.15) is 0 Å². The van der Waals surface area contributed by atoms with Crippen molar-refractivity contribution in [2.24, 2.45) is 0 Å². The van der Waals surface area contributed by atoms with Gasteiger partial charge in [0.15, 0.2) is 0 Å². The molecular formula is C16H21N3O. The zero-order chi connectivity index (χ0) is 14.4. The van der Waals surface area contributed by atoms with Crippen LogP contribution < -0.4 is 5.32 Å². The third kappa shape index (κ3) is 4.03. The van der Waals surface area contributed by atoms with Gasteiger partial charge in [0, 0.05) is 26.1 Å². The van der Waals surface area contributed by atoms with E-state index in [1.54, 1.807) is 7.11 Å². The fourth-order valence-corrected chi connectivity index (χ4v) is 2.13. The minimum atomic E-state index is 0.502. The van der Waals surface area contributed by atoms with E-state index in [9.17, 15) is 0 Å². The van der Waals surface area contributed by atoms with Crippen LogP contribution in [0.25, 0.3) is 0 Å². The molecule has 0 aliphatic carbocycles. The van der Waals surface area contributed by atoms with Crippen LogP contribution in [0.3, 0.4) is 0 Å². The monoisotopic (exact) mass is 271 g/mol. The summed E-state index contributed by atoms with van der Waals surface area (Å²) >= 11 is 0. The molecule has 0 fully saturated rings. The van der Waals surface area contributed by atoms with Crippen molar-refractivity contribution in [2.75, 3.05) is 19.0 Å². The van der Waals surface area contributed by atoms with Crippen molar-refractivity contribution < 1.29 is 4.74 Å². The first-order valence-electron chi connectivity index (χ1n) is 6.86. The number of anilines is 1. The predicted molar refractivity (Wildman–Crippen MR) is 80.9 cm³/mol. The molecule has 4 heteroatoms. The quantitative estimate of drug-likeness (QED) is 0.877. The van der Waals surface area contributed by atoms with Gasteiger partial charge in [-0.05, 0) is 19.4 Å². The van der Waals surface area contributed by atoms with Crippen molar-refractivity contribution in [3.63, 3.8) is 0 Å². The lowest BCUT2D eigenvalue weighted by molar-refractivity contribution is 0.181. The Kier molecular flexibility index (Phi) is 5.07. The number of rotatable bonds is 6. The molecule has 0 atom stereocenters. The Morgan fingerprint density at radius 2 is 2.05 bits per heavy atom. The number of aryl methyl sites for hydroxylation is 1. The number of hydrogen-bond donors (Lipinski definition) is 1. The molecule has 1 aromatic carbocycles. The van der Waals surface area contributed by atoms with Gasteiger partial charge >= 0.3 is 0 Å². The number of benzene rings is 1. The predicted octanol–water partition coefficient (Wildman–Crippen LogP) is 2.95. The second-order valence-corrected chi connectivity index (χ2v) is 4.79. The largest absolute Gasteiger partial charge is 0.378 e. The third-order valence-corrected chi connectivity index (χ3v) is 2.92. The Hall–Kier alpha value is -1.94. The zero-order valence-corrected chi connectivity index (χ0v) is 12.3. The van der Waals surface area contributed by atoms with E-state index < -0.39 is 0 Å². The Morgan fingerprint density at radius 3 is 2.75 bits per heavy atom. The van der Waals surface area contributed by atoms with E-state index in [4.69, 9.17) is 4.74 Å². The fourth-order valence-electron chi connectivity index (χ4n) is 2.13. The van der Waals surface area contributed by atoms with Crippen molar-refractivity contribution in [1.29, 1.82) is 0 Å². The first-order valence-corrected chi connectivity index (χ1v) is 6.86. The van der Waals surface area contributed by atoms with Gasteiger partial charge in [-0.15, -0.1) is 0 Å². The average molecular weight is 271 g/mol. The minimum Gasteiger partial charge on any atom is -0.378 e. The van der Waals surface area contributed by atoms with Crippen LogP contribution in [0.4, 0.5) is 5.82 Å². The molecule has 0 aliphatic heterocycles. The maximum Gasteiger partial charge on any atom is 0.135 e. The summed E-state index contributed by atoms with van der Waals surface area (Å²) in [4.78, 5) is 9.11. The molecule has 0 radical (unpaired) electrons. The van der Waals surface area contributed by atoms with Crippen molar-refractivity contribution >= 4 is 5.82 Å². The van der Waals surface area contributed by atoms with Crippen molar-refractivity contribution in [1.82, 2.24) is 9.97 Å². The Balaban J connectivity index is 2.25. The molecule has 0 unspecified atom stereocenters. The molecule has 20 heavy (non-hydrogen) atoms. The molecule has 0 bridgehead atoms. The molecule has 0 saturated carbocycles. The molecule has 0 aliphatic rings. The number of ether oxygens (including phenoxy) is 1. The summed E-state index contributed by atoms with van der Waals surface area (Å²) in [5.41, 5.74) is 3.38. The highest BCUT2D eigenvalue weighted by atomic mass is 16.5. The minimum absolute atomic E-state index is 0.502. The summed E-state index contributed by atoms with van der Waals surface area (Å²) in [6.07, 6.45) is 0.734. The Bertz CT molecular complexity index is 545. The molecule has 2 aromatic rings. The summed E-state index contributed by atoms with van der Waals surface area (Å²) in [5.74, 6) is 1.68. The Labute approximate surface area is 120 Å². The molecule has 1 heterocycles. The normalized spacial score (nSPS) is 10.6. The van der Waals surface area contributed by atoms with E-state index in [0.29, 0.717) is 6.61 Å². The van der Waals surface area contributed by atoms with Crippen LogP contribution in [-0.4, -0.2) is 23.6 Å². The van der Waals surface area contributed by atoms with Crippen LogP contribution in [0.2, 0.25) is 0 Å². The van der Waals surface area contributed by atoms with Crippen molar-refractivity contribution in [3.05, 3.63) is 53.0 Å². The van der Waals surface area contributed by atoms with Gasteiger partial charge in [0.25, 0.3) is 0 Å². The molecular weight excluding hydrogens is 250 g/mol. The first-order chi connectivity index (χ1) is 9.71. The molecule has 2 rings (SSSR count). The highest BCUT2D eigenvalue weighted by Gasteiger charge is 2.05. The SMILES string of the molecule is CCNc1cc(COC)nc(Cc2cccc(C)c2)n1. The lowest BCUT2D eigenvalue weighted by Crippen LogP contribution is -2.07. The van der Waals surface area contributed by atoms with Crippen LogP contribution in [0.15, 0.2) is 30.3 Å². The number of nitrogens with zero attached hydrogens (tertiary/aromatic N) is 2. The van der Waals surface area contributed by atoms with Crippen molar-refractivity contribution in [2.45, 2.75) is 26.9 Å². The summed E-state index contributed by atoms with van der Waals surface area (Å²) in [6, 6.07) is 10.4. The molecule has 0 spiro atoms. The number of aromatic nitrogens is 2. The molecule has 106 valence electrons. The van der Waals surface area contributed by atoms with Crippen molar-refractivity contribution in [3.8, 4) is 0 Å². The van der Waals surface area contributed by atoms with Gasteiger partial charge in [0.2, 0.25) is 0 Å². The topological polar surface area (TPSA) is 47.0 Å². The van der Waals surface area contributed by atoms with Gasteiger partial charge in [-0.25, -0.2) is 9.97 Å². The van der Waals surface area contributed by atoms with Gasteiger partial charge < -0.3 is 10.1 Å². The summed E-state index contributed by atoms with van der Waals surface area (Å²) in [5, 5.41) is 3.24. The zero-order valence-electron chi connectivity index (χ0n) is 12.3. The Morgan fingerprint density at radius 1 is 1.20 bits per heavy atom. The second kappa shape index (κ2) is 7.01. The lowest BCUT2D eigenvalue weighted by Gasteiger charge is -2.09. The van der Waals surface area contributed by atoms with Gasteiger partial charge in [0.1, 0.15) is 11.6 Å². The van der Waals surface area contributed by atoms with Crippen LogP contribution in [0, 0.1) is 6.92 Å². The fraction of sp³-hybridized carbons (Fsp3) is 0.375. The van der Waals surface area contributed by atoms with Crippen LogP contribution >= 0.6 is 0 Å². The summed E-state index contributed by atoms with van der Waals surface area (Å²) in [7, 11) is 1.68. The summed E-state index contributed by atoms with van der Waals surface area (Å²) in [6.45, 7) is 5.49. The number of hydrogen-bond acceptors (Lipinski definition) is 4. The highest BCUT2D eigenvalue weighted by Crippen LogP contribution is 2.12. The van der Waals surface area contributed by atoms with Crippen LogP contribution in [-0.2, 0) is 17.8 Å². The van der Waals surface area contributed by atoms with Crippen LogP contribution in [0.1, 0.15) is 29.6 Å². The van der Waals surface area contributed by atoms with Gasteiger partial charge in [0.05, 0.1) is 12.3 Å². The second-order valence-electron chi connectivity index (χ2n) is 4.79. The summed E-state index contributed by atoms with van der Waals surface area (Å²) < 4.78 is 5.17. The van der Waals surface area contributed by atoms with Gasteiger partial charge in [-0.3, -0.25) is 0 Å². The van der Waals surface area contributed by atoms with E-state index in [2.05, 4.69) is 53.4 Å². The maximum absolute atomic E-state index is 5.17. The lowest BCUT2D eigenvalue weighted by atomic mass is 10.1. The average Bonchev–Trinajstić information content (AvgIpc) is 2.39. The van der Waals surface area contributed by atoms with Crippen LogP contribution in [0.5, 0.6) is 0 Å². The van der Waals surface area contributed by atoms with E-state index in [-0.39, 0.29) is 0 Å². The maximum atomic E-state index is 5.17. The smallest absolute Gasteiger partial charge is 0.135 e. The van der Waals surface area contributed by atoms with E-state index in [0.717, 1.165) is 30.3 Å². The first kappa shape index (κ1) is 14.5. The number of methoxy groups -OCH3 is 1. The van der Waals surface area contributed by atoms with Gasteiger partial charge in [-0.1, -0.05) is 29.8 Å². The number of nitrogens with one attached hydrogen (secondary N) is 1. The van der Waals surface area contributed by atoms with E-state index >= 15 is 0 Å². The van der Waals surface area contributed by atoms with E-state index in [1.807, 2.05) is 6.07 Å². The van der Waals surface area contributed by atoms with E-state index in [1.165, 1.54) is 11.1 Å². The molecule has 4 nitrogen and oxygen atoms in total. The molecule has 1 N–H and O–H groups in total.